The minimum Gasteiger partial charge on any atom is -0.359 e. The summed E-state index contributed by atoms with van der Waals surface area (Å²) in [5.74, 6) is 5.13. The third-order valence-corrected chi connectivity index (χ3v) is 3.21. The van der Waals surface area contributed by atoms with Gasteiger partial charge in [0.15, 0.2) is 11.5 Å². The van der Waals surface area contributed by atoms with Crippen molar-refractivity contribution in [2.45, 2.75) is 19.4 Å². The molecular weight excluding hydrogens is 262 g/mol. The van der Waals surface area contributed by atoms with E-state index in [2.05, 4.69) is 5.16 Å². The lowest BCUT2D eigenvalue weighted by Gasteiger charge is -2.20. The van der Waals surface area contributed by atoms with Gasteiger partial charge in [0, 0.05) is 19.2 Å². The van der Waals surface area contributed by atoms with E-state index in [4.69, 9.17) is 10.4 Å². The fourth-order valence-corrected chi connectivity index (χ4v) is 2.19. The second-order valence-electron chi connectivity index (χ2n) is 4.91. The molecule has 2 heterocycles. The van der Waals surface area contributed by atoms with E-state index in [0.29, 0.717) is 18.8 Å². The molecule has 110 valence electrons. The van der Waals surface area contributed by atoms with Gasteiger partial charge in [-0.25, -0.2) is 5.84 Å². The molecule has 1 aromatic rings. The van der Waals surface area contributed by atoms with Crippen molar-refractivity contribution in [3.63, 3.8) is 0 Å². The van der Waals surface area contributed by atoms with Crippen LogP contribution >= 0.6 is 0 Å². The maximum Gasteiger partial charge on any atom is 0.287 e. The van der Waals surface area contributed by atoms with Gasteiger partial charge < -0.3 is 9.42 Å². The SMILES string of the molecule is CN(CC(=O)N1CCCC1)Cc1cc(C(=O)NN)no1. The Morgan fingerprint density at radius 2 is 2.20 bits per heavy atom. The molecule has 1 aromatic heterocycles. The molecule has 1 aliphatic heterocycles. The molecule has 0 bridgehead atoms. The van der Waals surface area contributed by atoms with Crippen LogP contribution in [0.4, 0.5) is 0 Å². The average Bonchev–Trinajstić information content (AvgIpc) is 3.08. The number of carbonyl (C=O) groups is 2. The Labute approximate surface area is 116 Å². The van der Waals surface area contributed by atoms with Gasteiger partial charge in [-0.15, -0.1) is 0 Å². The lowest BCUT2D eigenvalue weighted by atomic mass is 10.3. The van der Waals surface area contributed by atoms with Crippen LogP contribution in [0, 0.1) is 0 Å². The molecule has 1 fully saturated rings. The topological polar surface area (TPSA) is 105 Å². The van der Waals surface area contributed by atoms with Crippen molar-refractivity contribution >= 4 is 11.8 Å². The molecule has 0 unspecified atom stereocenters. The monoisotopic (exact) mass is 281 g/mol. The lowest BCUT2D eigenvalue weighted by molar-refractivity contribution is -0.131. The molecule has 0 spiro atoms. The number of nitrogens with two attached hydrogens (primary N) is 1. The van der Waals surface area contributed by atoms with E-state index in [1.807, 2.05) is 22.3 Å². The van der Waals surface area contributed by atoms with Crippen LogP contribution in [0.5, 0.6) is 0 Å². The van der Waals surface area contributed by atoms with Crippen LogP contribution in [0.1, 0.15) is 29.1 Å². The lowest BCUT2D eigenvalue weighted by Crippen LogP contribution is -2.36. The summed E-state index contributed by atoms with van der Waals surface area (Å²) >= 11 is 0. The molecule has 1 saturated heterocycles. The van der Waals surface area contributed by atoms with Crippen LogP contribution in [-0.2, 0) is 11.3 Å². The predicted octanol–water partition coefficient (Wildman–Crippen LogP) is -0.668. The predicted molar refractivity (Wildman–Crippen MR) is 70.3 cm³/mol. The van der Waals surface area contributed by atoms with Gasteiger partial charge in [0.1, 0.15) is 0 Å². The molecule has 3 N–H and O–H groups in total. The third-order valence-electron chi connectivity index (χ3n) is 3.21. The highest BCUT2D eigenvalue weighted by atomic mass is 16.5. The number of nitrogens with one attached hydrogen (secondary N) is 1. The molecule has 20 heavy (non-hydrogen) atoms. The molecule has 0 radical (unpaired) electrons. The van der Waals surface area contributed by atoms with Crippen LogP contribution in [0.2, 0.25) is 0 Å². The van der Waals surface area contributed by atoms with Crippen molar-refractivity contribution in [1.29, 1.82) is 0 Å². The van der Waals surface area contributed by atoms with E-state index in [0.717, 1.165) is 25.9 Å². The number of carbonyl (C=O) groups excluding carboxylic acids is 2. The molecule has 0 saturated carbocycles. The van der Waals surface area contributed by atoms with Crippen molar-refractivity contribution in [3.8, 4) is 0 Å². The number of hydrazine groups is 1. The van der Waals surface area contributed by atoms with Crippen molar-refractivity contribution in [1.82, 2.24) is 20.4 Å². The van der Waals surface area contributed by atoms with Gasteiger partial charge in [0.25, 0.3) is 5.91 Å². The molecule has 8 heteroatoms. The van der Waals surface area contributed by atoms with Gasteiger partial charge in [0.2, 0.25) is 5.91 Å². The van der Waals surface area contributed by atoms with Gasteiger partial charge >= 0.3 is 0 Å². The fraction of sp³-hybridized carbons (Fsp3) is 0.583. The number of aromatic nitrogens is 1. The van der Waals surface area contributed by atoms with E-state index in [9.17, 15) is 9.59 Å². The van der Waals surface area contributed by atoms with Gasteiger partial charge in [-0.1, -0.05) is 5.16 Å². The average molecular weight is 281 g/mol. The Kier molecular flexibility index (Phi) is 4.70. The first-order chi connectivity index (χ1) is 9.60. The summed E-state index contributed by atoms with van der Waals surface area (Å²) in [6.45, 7) is 2.41. The summed E-state index contributed by atoms with van der Waals surface area (Å²) in [5, 5.41) is 3.61. The highest BCUT2D eigenvalue weighted by Gasteiger charge is 2.20. The minimum absolute atomic E-state index is 0.115. The Morgan fingerprint density at radius 1 is 1.50 bits per heavy atom. The number of hydrogen-bond acceptors (Lipinski definition) is 6. The summed E-state index contributed by atoms with van der Waals surface area (Å²) in [6, 6.07) is 1.51. The summed E-state index contributed by atoms with van der Waals surface area (Å²) < 4.78 is 5.03. The fourth-order valence-electron chi connectivity index (χ4n) is 2.19. The first-order valence-electron chi connectivity index (χ1n) is 6.53. The minimum atomic E-state index is -0.504. The Bertz CT molecular complexity index is 481. The van der Waals surface area contributed by atoms with E-state index in [1.165, 1.54) is 6.07 Å². The van der Waals surface area contributed by atoms with Crippen LogP contribution in [0.25, 0.3) is 0 Å². The van der Waals surface area contributed by atoms with Crippen molar-refractivity contribution in [2.24, 2.45) is 5.84 Å². The van der Waals surface area contributed by atoms with Crippen LogP contribution in [0.15, 0.2) is 10.6 Å². The molecule has 8 nitrogen and oxygen atoms in total. The molecule has 0 aromatic carbocycles. The standard InChI is InChI=1S/C12H19N5O3/c1-16(8-11(18)17-4-2-3-5-17)7-9-6-10(15-20-9)12(19)14-13/h6H,2-5,7-8,13H2,1H3,(H,14,19). The van der Waals surface area contributed by atoms with Crippen molar-refractivity contribution < 1.29 is 14.1 Å². The summed E-state index contributed by atoms with van der Waals surface area (Å²) in [7, 11) is 1.82. The maximum atomic E-state index is 12.0. The molecular formula is C12H19N5O3. The normalized spacial score (nSPS) is 14.8. The molecule has 2 rings (SSSR count). The quantitative estimate of drug-likeness (QED) is 0.421. The smallest absolute Gasteiger partial charge is 0.287 e. The van der Waals surface area contributed by atoms with E-state index >= 15 is 0 Å². The molecule has 0 aliphatic carbocycles. The van der Waals surface area contributed by atoms with Gasteiger partial charge in [-0.2, -0.15) is 0 Å². The number of nitrogens with zero attached hydrogens (tertiary/aromatic N) is 3. The number of likely N-dealkylation sites (tertiary alicyclic amines) is 1. The Morgan fingerprint density at radius 3 is 2.85 bits per heavy atom. The number of rotatable bonds is 5. The van der Waals surface area contributed by atoms with Crippen LogP contribution < -0.4 is 11.3 Å². The van der Waals surface area contributed by atoms with Crippen LogP contribution in [-0.4, -0.2) is 53.5 Å². The first kappa shape index (κ1) is 14.5. The zero-order chi connectivity index (χ0) is 14.5. The zero-order valence-electron chi connectivity index (χ0n) is 11.5. The van der Waals surface area contributed by atoms with Crippen LogP contribution in [0.3, 0.4) is 0 Å². The first-order valence-corrected chi connectivity index (χ1v) is 6.53. The van der Waals surface area contributed by atoms with E-state index in [-0.39, 0.29) is 11.6 Å². The second kappa shape index (κ2) is 6.49. The second-order valence-corrected chi connectivity index (χ2v) is 4.91. The molecule has 2 amide bonds. The highest BCUT2D eigenvalue weighted by molar-refractivity contribution is 5.91. The van der Waals surface area contributed by atoms with Gasteiger partial charge in [0.05, 0.1) is 13.1 Å². The van der Waals surface area contributed by atoms with E-state index < -0.39 is 5.91 Å². The number of likely N-dealkylation sites (N-methyl/N-ethyl adjacent to an activating group) is 1. The number of hydrogen-bond donors (Lipinski definition) is 2. The zero-order valence-corrected chi connectivity index (χ0v) is 11.5. The van der Waals surface area contributed by atoms with E-state index in [1.54, 1.807) is 0 Å². The van der Waals surface area contributed by atoms with Gasteiger partial charge in [-0.3, -0.25) is 19.9 Å². The van der Waals surface area contributed by atoms with Crippen molar-refractivity contribution in [2.75, 3.05) is 26.7 Å². The number of amides is 2. The largest absolute Gasteiger partial charge is 0.359 e. The molecule has 1 aliphatic rings. The van der Waals surface area contributed by atoms with Crippen molar-refractivity contribution in [3.05, 3.63) is 17.5 Å². The third kappa shape index (κ3) is 3.55. The summed E-state index contributed by atoms with van der Waals surface area (Å²) in [5.41, 5.74) is 2.11. The Hall–Kier alpha value is -1.93. The summed E-state index contributed by atoms with van der Waals surface area (Å²) in [6.07, 6.45) is 2.16. The van der Waals surface area contributed by atoms with Gasteiger partial charge in [-0.05, 0) is 19.9 Å². The number of nitrogen functional groups attached to an aromatic ring is 1. The summed E-state index contributed by atoms with van der Waals surface area (Å²) in [4.78, 5) is 26.9. The Balaban J connectivity index is 1.84. The maximum absolute atomic E-state index is 12.0. The highest BCUT2D eigenvalue weighted by Crippen LogP contribution is 2.10. The molecule has 0 atom stereocenters.